The lowest BCUT2D eigenvalue weighted by Gasteiger charge is -2.24. The van der Waals surface area contributed by atoms with Gasteiger partial charge in [-0.15, -0.1) is 25.6 Å². The molecule has 1 amide bonds. The summed E-state index contributed by atoms with van der Waals surface area (Å²) in [7, 11) is 1.59. The normalized spacial score (nSPS) is 18.0. The van der Waals surface area contributed by atoms with Crippen LogP contribution in [0.15, 0.2) is 24.3 Å². The Bertz CT molecular complexity index is 491. The Balaban J connectivity index is 0.00000220. The van der Waals surface area contributed by atoms with Gasteiger partial charge in [-0.2, -0.15) is 0 Å². The quantitative estimate of drug-likeness (QED) is 0.928. The van der Waals surface area contributed by atoms with Crippen LogP contribution >= 0.6 is 12.4 Å². The summed E-state index contributed by atoms with van der Waals surface area (Å²) in [4.78, 5) is 13.7. The Kier molecular flexibility index (Phi) is 5.86. The number of carbonyl (C=O) groups is 1. The van der Waals surface area contributed by atoms with Gasteiger partial charge in [0, 0.05) is 19.6 Å². The van der Waals surface area contributed by atoms with E-state index in [1.165, 1.54) is 23.1 Å². The van der Waals surface area contributed by atoms with E-state index in [1.807, 2.05) is 0 Å². The molecule has 0 aromatic heterocycles. The zero-order valence-corrected chi connectivity index (χ0v) is 12.1. The fourth-order valence-corrected chi connectivity index (χ4v) is 2.18. The van der Waals surface area contributed by atoms with Crippen LogP contribution in [0, 0.1) is 0 Å². The summed E-state index contributed by atoms with van der Waals surface area (Å²) >= 11 is 0. The third-order valence-electron chi connectivity index (χ3n) is 3.25. The molecule has 0 bridgehead atoms. The van der Waals surface area contributed by atoms with Gasteiger partial charge in [-0.3, -0.25) is 4.79 Å². The van der Waals surface area contributed by atoms with Gasteiger partial charge in [-0.05, 0) is 25.1 Å². The highest BCUT2D eigenvalue weighted by atomic mass is 35.5. The summed E-state index contributed by atoms with van der Waals surface area (Å²) in [5, 5.41) is 3.11. The van der Waals surface area contributed by atoms with Crippen molar-refractivity contribution >= 4 is 18.3 Å². The van der Waals surface area contributed by atoms with Crippen molar-refractivity contribution in [1.29, 1.82) is 0 Å². The standard InChI is InChI=1S/C13H15F3N2O2.ClH/c1-18(9-6-7-17-8-9)12(19)10-4-2-3-5-11(10)20-13(14,15)16;/h2-5,9,17H,6-8H2,1H3;1H. The molecule has 2 rings (SSSR count). The number of likely N-dealkylation sites (N-methyl/N-ethyl adjacent to an activating group) is 1. The highest BCUT2D eigenvalue weighted by Crippen LogP contribution is 2.27. The molecule has 1 heterocycles. The molecule has 21 heavy (non-hydrogen) atoms. The van der Waals surface area contributed by atoms with Crippen LogP contribution in [0.2, 0.25) is 0 Å². The van der Waals surface area contributed by atoms with Crippen LogP contribution in [-0.2, 0) is 0 Å². The molecule has 1 unspecified atom stereocenters. The number of halogens is 4. The molecule has 1 aromatic rings. The fourth-order valence-electron chi connectivity index (χ4n) is 2.18. The summed E-state index contributed by atoms with van der Waals surface area (Å²) < 4.78 is 40.9. The first-order valence-electron chi connectivity index (χ1n) is 6.21. The van der Waals surface area contributed by atoms with Crippen molar-refractivity contribution in [3.63, 3.8) is 0 Å². The van der Waals surface area contributed by atoms with Crippen molar-refractivity contribution in [2.75, 3.05) is 20.1 Å². The third kappa shape index (κ3) is 4.50. The van der Waals surface area contributed by atoms with Crippen molar-refractivity contribution in [2.45, 2.75) is 18.8 Å². The largest absolute Gasteiger partial charge is 0.573 e. The van der Waals surface area contributed by atoms with E-state index in [4.69, 9.17) is 0 Å². The van der Waals surface area contributed by atoms with E-state index in [0.717, 1.165) is 19.0 Å². The predicted molar refractivity (Wildman–Crippen MR) is 73.7 cm³/mol. The molecule has 4 nitrogen and oxygen atoms in total. The van der Waals surface area contributed by atoms with Gasteiger partial charge in [0.25, 0.3) is 5.91 Å². The molecule has 1 aromatic carbocycles. The minimum Gasteiger partial charge on any atom is -0.405 e. The molecule has 1 saturated heterocycles. The van der Waals surface area contributed by atoms with Crippen molar-refractivity contribution in [1.82, 2.24) is 10.2 Å². The molecule has 1 fully saturated rings. The Morgan fingerprint density at radius 1 is 1.38 bits per heavy atom. The molecule has 8 heteroatoms. The van der Waals surface area contributed by atoms with Gasteiger partial charge in [0.2, 0.25) is 0 Å². The van der Waals surface area contributed by atoms with Crippen LogP contribution in [0.4, 0.5) is 13.2 Å². The fraction of sp³-hybridized carbons (Fsp3) is 0.462. The molecule has 0 aliphatic carbocycles. The maximum Gasteiger partial charge on any atom is 0.573 e. The van der Waals surface area contributed by atoms with Gasteiger partial charge in [0.05, 0.1) is 5.56 Å². The number of nitrogens with one attached hydrogen (secondary N) is 1. The molecule has 1 aliphatic heterocycles. The van der Waals surface area contributed by atoms with Gasteiger partial charge in [-0.25, -0.2) is 0 Å². The molecule has 0 spiro atoms. The number of benzene rings is 1. The van der Waals surface area contributed by atoms with Crippen molar-refractivity contribution in [3.05, 3.63) is 29.8 Å². The van der Waals surface area contributed by atoms with E-state index in [0.29, 0.717) is 6.54 Å². The zero-order valence-electron chi connectivity index (χ0n) is 11.3. The molecular formula is C13H16ClF3N2O2. The first-order chi connectivity index (χ1) is 9.38. The van der Waals surface area contributed by atoms with Crippen LogP contribution < -0.4 is 10.1 Å². The lowest BCUT2D eigenvalue weighted by atomic mass is 10.1. The number of para-hydroxylation sites is 1. The first kappa shape index (κ1) is 17.6. The smallest absolute Gasteiger partial charge is 0.405 e. The molecule has 0 saturated carbocycles. The van der Waals surface area contributed by atoms with Gasteiger partial charge in [0.1, 0.15) is 5.75 Å². The summed E-state index contributed by atoms with van der Waals surface area (Å²) in [6, 6.07) is 5.37. The highest BCUT2D eigenvalue weighted by Gasteiger charge is 2.34. The topological polar surface area (TPSA) is 41.6 Å². The maximum absolute atomic E-state index is 12.3. The third-order valence-corrected chi connectivity index (χ3v) is 3.25. The molecule has 1 atom stereocenters. The van der Waals surface area contributed by atoms with Crippen molar-refractivity contribution < 1.29 is 22.7 Å². The molecule has 118 valence electrons. The van der Waals surface area contributed by atoms with Crippen molar-refractivity contribution in [3.8, 4) is 5.75 Å². The Hall–Kier alpha value is -1.47. The Labute approximate surface area is 126 Å². The number of hydrogen-bond donors (Lipinski definition) is 1. The molecule has 0 radical (unpaired) electrons. The maximum atomic E-state index is 12.3. The zero-order chi connectivity index (χ0) is 14.8. The van der Waals surface area contributed by atoms with E-state index in [9.17, 15) is 18.0 Å². The SMILES string of the molecule is CN(C(=O)c1ccccc1OC(F)(F)F)C1CCNC1.Cl. The van der Waals surface area contributed by atoms with E-state index in [2.05, 4.69) is 10.1 Å². The highest BCUT2D eigenvalue weighted by molar-refractivity contribution is 5.97. The van der Waals surface area contributed by atoms with Crippen LogP contribution in [0.1, 0.15) is 16.8 Å². The Morgan fingerprint density at radius 3 is 2.62 bits per heavy atom. The summed E-state index contributed by atoms with van der Waals surface area (Å²) in [6.07, 6.45) is -4.03. The molecule has 1 N–H and O–H groups in total. The summed E-state index contributed by atoms with van der Waals surface area (Å²) in [6.45, 7) is 1.44. The van der Waals surface area contributed by atoms with Gasteiger partial charge in [0.15, 0.2) is 0 Å². The number of amides is 1. The number of hydrogen-bond acceptors (Lipinski definition) is 3. The summed E-state index contributed by atoms with van der Waals surface area (Å²) in [5.41, 5.74) is -0.0841. The second kappa shape index (κ2) is 7.00. The van der Waals surface area contributed by atoms with Crippen LogP contribution in [0.3, 0.4) is 0 Å². The second-order valence-electron chi connectivity index (χ2n) is 4.61. The number of alkyl halides is 3. The van der Waals surface area contributed by atoms with E-state index in [1.54, 1.807) is 7.05 Å². The number of ether oxygens (including phenoxy) is 1. The first-order valence-corrected chi connectivity index (χ1v) is 6.21. The number of carbonyl (C=O) groups excluding carboxylic acids is 1. The van der Waals surface area contributed by atoms with Gasteiger partial charge >= 0.3 is 6.36 Å². The average molecular weight is 325 g/mol. The average Bonchev–Trinajstić information content (AvgIpc) is 2.89. The number of nitrogens with zero attached hydrogens (tertiary/aromatic N) is 1. The lowest BCUT2D eigenvalue weighted by molar-refractivity contribution is -0.274. The minimum absolute atomic E-state index is 0. The summed E-state index contributed by atoms with van der Waals surface area (Å²) in [5.74, 6) is -0.943. The monoisotopic (exact) mass is 324 g/mol. The van der Waals surface area contributed by atoms with Gasteiger partial charge in [-0.1, -0.05) is 12.1 Å². The van der Waals surface area contributed by atoms with Crippen LogP contribution in [0.25, 0.3) is 0 Å². The molecular weight excluding hydrogens is 309 g/mol. The second-order valence-corrected chi connectivity index (χ2v) is 4.61. The lowest BCUT2D eigenvalue weighted by Crippen LogP contribution is -2.38. The molecule has 1 aliphatic rings. The number of rotatable bonds is 3. The Morgan fingerprint density at radius 2 is 2.05 bits per heavy atom. The minimum atomic E-state index is -4.82. The van der Waals surface area contributed by atoms with Crippen molar-refractivity contribution in [2.24, 2.45) is 0 Å². The van der Waals surface area contributed by atoms with E-state index >= 15 is 0 Å². The van der Waals surface area contributed by atoms with E-state index < -0.39 is 18.0 Å². The van der Waals surface area contributed by atoms with Crippen LogP contribution in [-0.4, -0.2) is 43.3 Å². The van der Waals surface area contributed by atoms with Gasteiger partial charge < -0.3 is 15.0 Å². The predicted octanol–water partition coefficient (Wildman–Crippen LogP) is 2.44. The van der Waals surface area contributed by atoms with E-state index in [-0.39, 0.29) is 24.0 Å². The van der Waals surface area contributed by atoms with Crippen LogP contribution in [0.5, 0.6) is 5.75 Å².